The van der Waals surface area contributed by atoms with Crippen LogP contribution in [-0.2, 0) is 4.79 Å². The first-order valence-electron chi connectivity index (χ1n) is 8.72. The number of hydrogen-bond acceptors (Lipinski definition) is 1. The van der Waals surface area contributed by atoms with Crippen LogP contribution in [0.5, 0.6) is 0 Å². The van der Waals surface area contributed by atoms with Crippen molar-refractivity contribution in [3.63, 3.8) is 0 Å². The fourth-order valence-corrected chi connectivity index (χ4v) is 8.56. The highest BCUT2D eigenvalue weighted by Crippen LogP contribution is 2.22. The molecule has 0 fully saturated rings. The van der Waals surface area contributed by atoms with Crippen LogP contribution in [0.3, 0.4) is 0 Å². The van der Waals surface area contributed by atoms with Crippen molar-refractivity contribution in [2.24, 2.45) is 0 Å². The van der Waals surface area contributed by atoms with Gasteiger partial charge < -0.3 is 0 Å². The Hall–Kier alpha value is -2.34. The van der Waals surface area contributed by atoms with E-state index in [2.05, 4.69) is 62.4 Å². The van der Waals surface area contributed by atoms with E-state index in [1.54, 1.807) is 0 Å². The summed E-state index contributed by atoms with van der Waals surface area (Å²) in [5.74, 6) is 5.23. The second kappa shape index (κ2) is 12.9. The summed E-state index contributed by atoms with van der Waals surface area (Å²) < 4.78 is 0. The first kappa shape index (κ1) is 23.7. The maximum atomic E-state index is 12.3. The summed E-state index contributed by atoms with van der Waals surface area (Å²) in [6.07, 6.45) is 11.3. The third-order valence-corrected chi connectivity index (χ3v) is 11.8. The van der Waals surface area contributed by atoms with Gasteiger partial charge in [-0.3, -0.25) is 4.79 Å². The Bertz CT molecular complexity index is 565. The molecule has 0 bridgehead atoms. The molecule has 0 saturated heterocycles. The molecule has 0 aliphatic rings. The van der Waals surface area contributed by atoms with Crippen LogP contribution in [0.1, 0.15) is 0 Å². The fourth-order valence-electron chi connectivity index (χ4n) is 2.87. The van der Waals surface area contributed by atoms with E-state index in [0.717, 1.165) is 36.3 Å². The van der Waals surface area contributed by atoms with E-state index in [1.807, 2.05) is 36.5 Å². The van der Waals surface area contributed by atoms with E-state index < -0.39 is 16.1 Å². The standard InChI is InChI=1S/C23H30OSi2/c1-7-15-25(16-8-2,17-9-3)21-13-23(24)14-22-26(18-10-4,19-11-5)20-12-6/h7-12H,1-6,15-20H2. The van der Waals surface area contributed by atoms with Crippen molar-refractivity contribution >= 4 is 21.9 Å². The lowest BCUT2D eigenvalue weighted by atomic mass is 10.4. The van der Waals surface area contributed by atoms with E-state index in [4.69, 9.17) is 0 Å². The molecule has 0 rings (SSSR count). The molecular formula is C23H30OSi2. The van der Waals surface area contributed by atoms with Crippen LogP contribution < -0.4 is 0 Å². The molecule has 0 amide bonds. The lowest BCUT2D eigenvalue weighted by Gasteiger charge is -2.21. The van der Waals surface area contributed by atoms with Gasteiger partial charge in [0.1, 0.15) is 16.1 Å². The highest BCUT2D eigenvalue weighted by molar-refractivity contribution is 6.89. The van der Waals surface area contributed by atoms with Gasteiger partial charge in [-0.1, -0.05) is 36.5 Å². The maximum Gasteiger partial charge on any atom is 0.277 e. The first-order valence-corrected chi connectivity index (χ1v) is 14.0. The quantitative estimate of drug-likeness (QED) is 0.243. The van der Waals surface area contributed by atoms with Gasteiger partial charge in [-0.2, -0.15) is 0 Å². The van der Waals surface area contributed by atoms with Crippen LogP contribution in [0.2, 0.25) is 36.3 Å². The second-order valence-electron chi connectivity index (χ2n) is 6.35. The number of allylic oxidation sites excluding steroid dienone is 6. The molecule has 0 heterocycles. The summed E-state index contributed by atoms with van der Waals surface area (Å²) in [6, 6.07) is 4.84. The van der Waals surface area contributed by atoms with Crippen molar-refractivity contribution in [2.45, 2.75) is 36.3 Å². The van der Waals surface area contributed by atoms with E-state index in [1.165, 1.54) is 0 Å². The molecule has 1 nitrogen and oxygen atoms in total. The Morgan fingerprint density at radius 1 is 0.577 bits per heavy atom. The van der Waals surface area contributed by atoms with E-state index in [9.17, 15) is 4.79 Å². The average molecular weight is 379 g/mol. The van der Waals surface area contributed by atoms with Gasteiger partial charge in [-0.15, -0.1) is 50.6 Å². The maximum absolute atomic E-state index is 12.3. The van der Waals surface area contributed by atoms with E-state index >= 15 is 0 Å². The van der Waals surface area contributed by atoms with Gasteiger partial charge in [0.25, 0.3) is 5.78 Å². The SMILES string of the molecule is C=CC[Si](C#CC(=O)C#C[Si](CC=C)(CC=C)CC=C)(CC=C)CC=C. The highest BCUT2D eigenvalue weighted by atomic mass is 28.3. The third kappa shape index (κ3) is 8.16. The number of carbonyl (C=O) groups is 1. The normalized spacial score (nSPS) is 10.2. The molecule has 26 heavy (non-hydrogen) atoms. The molecule has 0 unspecified atom stereocenters. The number of hydrogen-bond donors (Lipinski definition) is 0. The Morgan fingerprint density at radius 2 is 0.808 bits per heavy atom. The predicted octanol–water partition coefficient (Wildman–Crippen LogP) is 5.65. The van der Waals surface area contributed by atoms with Crippen LogP contribution in [-0.4, -0.2) is 21.9 Å². The first-order chi connectivity index (χ1) is 12.5. The summed E-state index contributed by atoms with van der Waals surface area (Å²) in [5.41, 5.74) is 6.49. The van der Waals surface area contributed by atoms with Crippen LogP contribution >= 0.6 is 0 Å². The molecule has 0 spiro atoms. The van der Waals surface area contributed by atoms with Gasteiger partial charge in [0.2, 0.25) is 0 Å². The molecule has 0 aliphatic carbocycles. The molecule has 3 heteroatoms. The minimum absolute atomic E-state index is 0.326. The van der Waals surface area contributed by atoms with Crippen LogP contribution in [0.4, 0.5) is 0 Å². The van der Waals surface area contributed by atoms with Gasteiger partial charge in [0.15, 0.2) is 0 Å². The smallest absolute Gasteiger partial charge is 0.270 e. The Labute approximate surface area is 162 Å². The summed E-state index contributed by atoms with van der Waals surface area (Å²) in [4.78, 5) is 12.3. The molecule has 0 aromatic heterocycles. The van der Waals surface area contributed by atoms with Crippen molar-refractivity contribution in [1.29, 1.82) is 0 Å². The number of ketones is 1. The van der Waals surface area contributed by atoms with Crippen molar-refractivity contribution in [3.05, 3.63) is 75.9 Å². The van der Waals surface area contributed by atoms with Crippen LogP contribution in [0, 0.1) is 22.9 Å². The van der Waals surface area contributed by atoms with Crippen molar-refractivity contribution in [2.75, 3.05) is 0 Å². The minimum Gasteiger partial charge on any atom is -0.270 e. The van der Waals surface area contributed by atoms with Gasteiger partial charge in [0.05, 0.1) is 0 Å². The fraction of sp³-hybridized carbons (Fsp3) is 0.261. The van der Waals surface area contributed by atoms with E-state index in [0.29, 0.717) is 0 Å². The average Bonchev–Trinajstić information content (AvgIpc) is 2.60. The molecule has 0 aromatic rings. The monoisotopic (exact) mass is 378 g/mol. The van der Waals surface area contributed by atoms with Gasteiger partial charge in [-0.05, 0) is 48.1 Å². The zero-order valence-electron chi connectivity index (χ0n) is 15.9. The molecule has 0 atom stereocenters. The largest absolute Gasteiger partial charge is 0.277 e. The van der Waals surface area contributed by atoms with Crippen molar-refractivity contribution < 1.29 is 4.79 Å². The molecule has 0 N–H and O–H groups in total. The third-order valence-electron chi connectivity index (χ3n) is 4.09. The number of rotatable bonds is 12. The van der Waals surface area contributed by atoms with Crippen molar-refractivity contribution in [1.82, 2.24) is 0 Å². The van der Waals surface area contributed by atoms with Crippen LogP contribution in [0.15, 0.2) is 75.9 Å². The molecule has 0 radical (unpaired) electrons. The number of Topliss-reactive ketones (excluding diaryl/α,β-unsaturated/α-hetero) is 1. The Kier molecular flexibility index (Phi) is 11.8. The summed E-state index contributed by atoms with van der Waals surface area (Å²) in [5, 5.41) is 0. The molecule has 136 valence electrons. The second-order valence-corrected chi connectivity index (χ2v) is 14.4. The molecule has 0 aromatic carbocycles. The Balaban J connectivity index is 5.68. The summed E-state index contributed by atoms with van der Waals surface area (Å²) in [7, 11) is -4.04. The zero-order chi connectivity index (χ0) is 19.9. The minimum atomic E-state index is -2.02. The van der Waals surface area contributed by atoms with Gasteiger partial charge in [-0.25, -0.2) is 0 Å². The topological polar surface area (TPSA) is 17.1 Å². The number of carbonyl (C=O) groups excluding carboxylic acids is 1. The lowest BCUT2D eigenvalue weighted by Crippen LogP contribution is -2.31. The molecule has 0 aliphatic heterocycles. The predicted molar refractivity (Wildman–Crippen MR) is 122 cm³/mol. The Morgan fingerprint density at radius 3 is 1.00 bits per heavy atom. The van der Waals surface area contributed by atoms with Crippen LogP contribution in [0.25, 0.3) is 0 Å². The summed E-state index contributed by atoms with van der Waals surface area (Å²) >= 11 is 0. The van der Waals surface area contributed by atoms with E-state index in [-0.39, 0.29) is 5.78 Å². The highest BCUT2D eigenvalue weighted by Gasteiger charge is 2.28. The lowest BCUT2D eigenvalue weighted by molar-refractivity contribution is -0.108. The molecular weight excluding hydrogens is 348 g/mol. The molecule has 0 saturated carbocycles. The summed E-state index contributed by atoms with van der Waals surface area (Å²) in [6.45, 7) is 23.0. The van der Waals surface area contributed by atoms with Crippen molar-refractivity contribution in [3.8, 4) is 22.9 Å². The van der Waals surface area contributed by atoms with Gasteiger partial charge >= 0.3 is 0 Å². The zero-order valence-corrected chi connectivity index (χ0v) is 17.9. The van der Waals surface area contributed by atoms with Gasteiger partial charge in [0, 0.05) is 0 Å².